The molecule has 0 heterocycles. The van der Waals surface area contributed by atoms with Crippen LogP contribution in [0.5, 0.6) is 0 Å². The van der Waals surface area contributed by atoms with Crippen molar-refractivity contribution in [3.8, 4) is 0 Å². The van der Waals surface area contributed by atoms with E-state index in [4.69, 9.17) is 0 Å². The largest absolute Gasteiger partial charge is 1.00 e. The molecule has 0 fully saturated rings. The minimum Gasteiger partial charge on any atom is -1.00 e. The number of rotatable bonds is 0. The Bertz CT molecular complexity index is 289. The molecule has 0 N–H and O–H groups in total. The van der Waals surface area contributed by atoms with Gasteiger partial charge in [0, 0.05) is 159 Å². The van der Waals surface area contributed by atoms with Crippen molar-refractivity contribution < 1.29 is 378 Å². The standard InChI is InChI=1S/9CH4.24FH.19HI.2K.19H3P.17H2S.V.4Y.7H2.2H/h9*1H4;43*1H;;;19*1H3;17*1H2;;;;;;7*1H;;/q;;;;;;;;;;;;;;;;;;;;;;;;;;;;;;;;;;;;;;;;;;;;;;;;;;;;2*+1;;;;;;;;;;;;;;;;;;;;;;;;;;;;;;;;;;;;;;;;;;;;;;;;;2*-1. The summed E-state index contributed by atoms with van der Waals surface area (Å²) in [6, 6.07) is 0. The zero-order valence-electron chi connectivity index (χ0n) is 46.2. The summed E-state index contributed by atoms with van der Waals surface area (Å²) in [4.78, 5) is 0. The van der Waals surface area contributed by atoms with Crippen molar-refractivity contribution in [1.29, 1.82) is 0 Å². The third-order valence-electron chi connectivity index (χ3n) is 0. The van der Waals surface area contributed by atoms with Gasteiger partial charge < -0.3 is 2.85 Å². The van der Waals surface area contributed by atoms with Crippen LogP contribution < -0.4 is 103 Å². The van der Waals surface area contributed by atoms with Crippen LogP contribution in [0, 0.1) is 0 Å². The van der Waals surface area contributed by atoms with E-state index in [9.17, 15) is 0 Å². The molecule has 0 nitrogen and oxygen atoms in total. The van der Waals surface area contributed by atoms with Gasteiger partial charge in [0.15, 0.2) is 0 Å². The normalized spacial score (nSPS) is 0. The molecule has 86 heteroatoms. The van der Waals surface area contributed by atoms with Crippen molar-refractivity contribution in [2.24, 2.45) is 0 Å². The molecule has 0 bridgehead atoms. The molecule has 0 aromatic rings. The monoisotopic (exact) mass is 4780 g/mol. The average molecular weight is 4780 g/mol. The Morgan fingerprint density at radius 3 is 0.105 bits per heavy atom. The molecule has 0 aliphatic heterocycles. The number of halogens is 43. The van der Waals surface area contributed by atoms with Crippen LogP contribution >= 0.6 is 873 Å². The van der Waals surface area contributed by atoms with Gasteiger partial charge in [-0.1, -0.05) is 66.8 Å². The van der Waals surface area contributed by atoms with Gasteiger partial charge in [0.05, 0.1) is 0 Å². The van der Waals surface area contributed by atoms with E-state index in [2.05, 4.69) is 0 Å². The van der Waals surface area contributed by atoms with Crippen molar-refractivity contribution in [3.05, 3.63) is 0 Å². The first-order valence-electron chi connectivity index (χ1n) is 0. The van der Waals surface area contributed by atoms with E-state index in [0.29, 0.717) is 0 Å². The van der Waals surface area contributed by atoms with E-state index in [1.54, 1.807) is 0 Å². The first-order chi connectivity index (χ1) is 0. The second-order valence-corrected chi connectivity index (χ2v) is 0. The third kappa shape index (κ3) is 1720. The smallest absolute Gasteiger partial charge is 1.00 e. The molecule has 19 atom stereocenters. The molecule has 0 aromatic carbocycles. The topological polar surface area (TPSA) is 0 Å². The third-order valence-corrected chi connectivity index (χ3v) is 0. The van der Waals surface area contributed by atoms with Crippen molar-refractivity contribution in [2.75, 3.05) is 0 Å². The number of hydrogen-bond donors (Lipinski definition) is 0. The Labute approximate surface area is 1290 Å². The van der Waals surface area contributed by atoms with Crippen LogP contribution in [0.2, 0.25) is 0 Å². The zero-order valence-corrected chi connectivity index (χ0v) is 151. The van der Waals surface area contributed by atoms with E-state index < -0.39 is 0 Å². The Balaban J connectivity index is 0. The van der Waals surface area contributed by atoms with Crippen LogP contribution in [-0.4, -0.2) is 0 Å². The summed E-state index contributed by atoms with van der Waals surface area (Å²) in [6.45, 7) is 0. The molecule has 95 heavy (non-hydrogen) atoms. The van der Waals surface area contributed by atoms with Crippen LogP contribution in [0.15, 0.2) is 0 Å². The summed E-state index contributed by atoms with van der Waals surface area (Å²) in [5.74, 6) is 0. The fraction of sp³-hybridized carbons (Fsp3) is 1.00. The fourth-order valence-corrected chi connectivity index (χ4v) is 0. The molecule has 0 saturated heterocycles. The van der Waals surface area contributed by atoms with Crippen molar-refractivity contribution in [2.45, 2.75) is 66.8 Å². The zero-order chi connectivity index (χ0) is 0. The molecule has 739 valence electrons. The summed E-state index contributed by atoms with van der Waals surface area (Å²) in [5, 5.41) is 0. The first-order valence-corrected chi connectivity index (χ1v) is 0. The van der Waals surface area contributed by atoms with Crippen LogP contribution in [0.1, 0.15) is 79.7 Å². The maximum atomic E-state index is 0. The van der Waals surface area contributed by atoms with Crippen LogP contribution in [0.25, 0.3) is 0 Å². The quantitative estimate of drug-likeness (QED) is 0.0981. The first kappa shape index (κ1) is 1790. The number of hydrogen-bond acceptors (Lipinski definition) is 0. The second kappa shape index (κ2) is 1750. The summed E-state index contributed by atoms with van der Waals surface area (Å²) in [6.07, 6.45) is 0. The summed E-state index contributed by atoms with van der Waals surface area (Å²) in [5.41, 5.74) is 0. The predicted molar refractivity (Wildman–Crippen MR) is 818 cm³/mol. The summed E-state index contributed by atoms with van der Waals surface area (Å²) in [7, 11) is 0. The molecular formula is C9H186F24I19K2P19S17VY4. The van der Waals surface area contributed by atoms with E-state index in [1.165, 1.54) is 0 Å². The van der Waals surface area contributed by atoms with E-state index in [1.807, 2.05) is 0 Å². The Kier molecular flexibility index (Phi) is 33000. The van der Waals surface area contributed by atoms with Gasteiger partial charge >= 0.3 is 103 Å². The van der Waals surface area contributed by atoms with Gasteiger partial charge in [0.25, 0.3) is 0 Å². The van der Waals surface area contributed by atoms with Crippen molar-refractivity contribution >= 4 is 873 Å². The van der Waals surface area contributed by atoms with Gasteiger partial charge in [0.2, 0.25) is 0 Å². The molecule has 0 aromatic heterocycles. The maximum Gasteiger partial charge on any atom is 1.00 e. The van der Waals surface area contributed by atoms with Gasteiger partial charge in [-0.05, 0) is 0 Å². The minimum atomic E-state index is 0. The van der Waals surface area contributed by atoms with Gasteiger partial charge in [-0.15, -0.1) is 456 Å². The molecule has 0 aliphatic carbocycles. The van der Waals surface area contributed by atoms with Crippen molar-refractivity contribution in [1.82, 2.24) is 0 Å². The van der Waals surface area contributed by atoms with Crippen LogP contribution in [-0.2, 0) is 149 Å². The summed E-state index contributed by atoms with van der Waals surface area (Å²) >= 11 is 0. The Hall–Kier alpha value is 34.6. The molecular weight excluding hydrogens is 4590 g/mol. The van der Waals surface area contributed by atoms with Crippen LogP contribution in [0.4, 0.5) is 113 Å². The molecule has 19 unspecified atom stereocenters. The summed E-state index contributed by atoms with van der Waals surface area (Å²) < 4.78 is 0. The van der Waals surface area contributed by atoms with E-state index in [0.717, 1.165) is 0 Å². The second-order valence-electron chi connectivity index (χ2n) is 0. The van der Waals surface area contributed by atoms with E-state index in [-0.39, 0.29) is 1320 Å². The van der Waals surface area contributed by atoms with Gasteiger partial charge in [-0.25, -0.2) is 0 Å². The van der Waals surface area contributed by atoms with E-state index >= 15 is 0 Å². The van der Waals surface area contributed by atoms with Gasteiger partial charge in [-0.2, -0.15) is 418 Å². The maximum absolute atomic E-state index is 0. The van der Waals surface area contributed by atoms with Gasteiger partial charge in [-0.3, -0.25) is 113 Å². The minimum absolute atomic E-state index is 0. The van der Waals surface area contributed by atoms with Gasteiger partial charge in [0.1, 0.15) is 0 Å². The molecule has 0 aliphatic rings. The SMILES string of the molecule is C.C.C.C.C.C.C.C.C.F.F.F.F.F.F.F.F.F.F.F.F.F.F.F.F.F.F.F.F.F.F.F.F.I.I.I.I.I.I.I.I.I.I.I.I.I.I.I.I.I.I.I.P.P.P.P.P.P.P.P.P.P.P.P.P.P.P.P.P.P.P.S.S.S.S.S.S.S.S.S.S.S.S.S.S.S.S.S.[H-].[H-].[HH].[HH].[HH].[HH].[HH].[HH].[HH].[K+].[K+].[V].[Y].[Y].[Y].[Y]. The fourth-order valence-electron chi connectivity index (χ4n) is 0. The average Bonchev–Trinajstić information content (AvgIpc) is 0. The molecule has 0 amide bonds. The molecule has 5 radical (unpaired) electrons. The Morgan fingerprint density at radius 1 is 0.105 bits per heavy atom. The molecule has 0 rings (SSSR count). The Morgan fingerprint density at radius 2 is 0.105 bits per heavy atom. The molecule has 0 saturated carbocycles. The predicted octanol–water partition coefficient (Wildman–Crippen LogP) is 20.1. The molecule has 0 spiro atoms. The van der Waals surface area contributed by atoms with Crippen molar-refractivity contribution in [3.63, 3.8) is 0 Å². The van der Waals surface area contributed by atoms with Crippen LogP contribution in [0.3, 0.4) is 0 Å².